The topological polar surface area (TPSA) is 43.1 Å². The molecule has 0 aliphatic rings. The van der Waals surface area contributed by atoms with Crippen LogP contribution >= 0.6 is 0 Å². The summed E-state index contributed by atoms with van der Waals surface area (Å²) < 4.78 is 17.2. The first kappa shape index (κ1) is 7.91. The van der Waals surface area contributed by atoms with Crippen LogP contribution in [0.2, 0.25) is 0 Å². The summed E-state index contributed by atoms with van der Waals surface area (Å²) in [6.45, 7) is -0.549. The average Bonchev–Trinajstić information content (AvgIpc) is 2.58. The lowest BCUT2D eigenvalue weighted by Crippen LogP contribution is -1.76. The first-order chi connectivity index (χ1) is 6.33. The zero-order valence-corrected chi connectivity index (χ0v) is 6.66. The summed E-state index contributed by atoms with van der Waals surface area (Å²) in [4.78, 5) is 14.1. The third-order valence-electron chi connectivity index (χ3n) is 1.72. The smallest absolute Gasteiger partial charge is 0.260 e. The Morgan fingerprint density at radius 3 is 3.08 bits per heavy atom. The van der Waals surface area contributed by atoms with E-state index in [1.165, 1.54) is 6.07 Å². The fourth-order valence-electron chi connectivity index (χ4n) is 1.12. The number of carbonyl (C=O) groups is 1. The molecule has 1 aromatic carbocycles. The van der Waals surface area contributed by atoms with Gasteiger partial charge in [-0.15, -0.1) is 0 Å². The molecule has 1 aromatic heterocycles. The van der Waals surface area contributed by atoms with Gasteiger partial charge in [0.1, 0.15) is 12.2 Å². The van der Waals surface area contributed by atoms with Gasteiger partial charge in [-0.25, -0.2) is 9.37 Å². The second-order valence-corrected chi connectivity index (χ2v) is 2.61. The molecule has 0 bridgehead atoms. The molecule has 3 nitrogen and oxygen atoms in total. The summed E-state index contributed by atoms with van der Waals surface area (Å²) in [6, 6.07) is 4.77. The summed E-state index contributed by atoms with van der Waals surface area (Å²) in [5.74, 6) is 0.0195. The standard InChI is InChI=1S/C9H6FNO2/c10-4-6-1-2-7-8(3-6)13-9(5-12)11-7/h1-3,5H,4H2. The molecule has 0 amide bonds. The van der Waals surface area contributed by atoms with Gasteiger partial charge in [-0.05, 0) is 17.7 Å². The molecule has 0 unspecified atom stereocenters. The maximum absolute atomic E-state index is 12.2. The van der Waals surface area contributed by atoms with Crippen molar-refractivity contribution in [1.82, 2.24) is 4.98 Å². The lowest BCUT2D eigenvalue weighted by Gasteiger charge is -1.90. The molecule has 0 N–H and O–H groups in total. The highest BCUT2D eigenvalue weighted by Crippen LogP contribution is 2.16. The normalized spacial score (nSPS) is 10.5. The molecule has 0 saturated carbocycles. The summed E-state index contributed by atoms with van der Waals surface area (Å²) in [6.07, 6.45) is 0.523. The van der Waals surface area contributed by atoms with Gasteiger partial charge < -0.3 is 4.42 Å². The van der Waals surface area contributed by atoms with Crippen LogP contribution in [-0.2, 0) is 6.67 Å². The Kier molecular flexibility index (Phi) is 1.81. The van der Waals surface area contributed by atoms with Crippen LogP contribution in [0.25, 0.3) is 11.1 Å². The highest BCUT2D eigenvalue weighted by Gasteiger charge is 2.04. The van der Waals surface area contributed by atoms with E-state index in [-0.39, 0.29) is 5.89 Å². The van der Waals surface area contributed by atoms with Crippen LogP contribution in [0.4, 0.5) is 4.39 Å². The molecule has 2 aromatic rings. The number of aromatic nitrogens is 1. The second kappa shape index (κ2) is 2.97. The largest absolute Gasteiger partial charge is 0.434 e. The molecular weight excluding hydrogens is 173 g/mol. The Hall–Kier alpha value is -1.71. The Morgan fingerprint density at radius 1 is 1.54 bits per heavy atom. The SMILES string of the molecule is O=Cc1nc2ccc(CF)cc2o1. The molecule has 2 rings (SSSR count). The van der Waals surface area contributed by atoms with Gasteiger partial charge in [0.15, 0.2) is 5.58 Å². The van der Waals surface area contributed by atoms with Crippen molar-refractivity contribution in [3.8, 4) is 0 Å². The predicted molar refractivity (Wildman–Crippen MR) is 44.2 cm³/mol. The van der Waals surface area contributed by atoms with Gasteiger partial charge in [0, 0.05) is 0 Å². The number of carbonyl (C=O) groups excluding carboxylic acids is 1. The van der Waals surface area contributed by atoms with E-state index in [9.17, 15) is 9.18 Å². The van der Waals surface area contributed by atoms with Crippen molar-refractivity contribution in [2.24, 2.45) is 0 Å². The van der Waals surface area contributed by atoms with E-state index in [0.717, 1.165) is 0 Å². The zero-order valence-electron chi connectivity index (χ0n) is 6.66. The number of oxazole rings is 1. The highest BCUT2D eigenvalue weighted by molar-refractivity contribution is 5.79. The Labute approximate surface area is 73.2 Å². The molecular formula is C9H6FNO2. The minimum Gasteiger partial charge on any atom is -0.434 e. The van der Waals surface area contributed by atoms with Gasteiger partial charge in [-0.1, -0.05) is 6.07 Å². The molecule has 0 saturated heterocycles. The van der Waals surface area contributed by atoms with Gasteiger partial charge in [0.05, 0.1) is 0 Å². The lowest BCUT2D eigenvalue weighted by atomic mass is 10.2. The number of rotatable bonds is 2. The van der Waals surface area contributed by atoms with Gasteiger partial charge in [-0.2, -0.15) is 0 Å². The van der Waals surface area contributed by atoms with Crippen molar-refractivity contribution in [3.05, 3.63) is 29.7 Å². The first-order valence-electron chi connectivity index (χ1n) is 3.74. The number of alkyl halides is 1. The summed E-state index contributed by atoms with van der Waals surface area (Å²) in [5.41, 5.74) is 1.53. The van der Waals surface area contributed by atoms with Crippen molar-refractivity contribution in [3.63, 3.8) is 0 Å². The quantitative estimate of drug-likeness (QED) is 0.663. The number of fused-ring (bicyclic) bond motifs is 1. The molecule has 0 atom stereocenters. The van der Waals surface area contributed by atoms with Gasteiger partial charge in [0.25, 0.3) is 5.89 Å². The van der Waals surface area contributed by atoms with E-state index in [1.54, 1.807) is 12.1 Å². The van der Waals surface area contributed by atoms with Crippen molar-refractivity contribution in [2.75, 3.05) is 0 Å². The number of hydrogen-bond donors (Lipinski definition) is 0. The van der Waals surface area contributed by atoms with E-state index < -0.39 is 6.67 Å². The molecule has 0 spiro atoms. The Balaban J connectivity index is 2.63. The van der Waals surface area contributed by atoms with Crippen molar-refractivity contribution >= 4 is 17.4 Å². The van der Waals surface area contributed by atoms with Crippen LogP contribution in [0.3, 0.4) is 0 Å². The minimum absolute atomic E-state index is 0.0195. The molecule has 66 valence electrons. The molecule has 0 radical (unpaired) electrons. The Bertz CT molecular complexity index is 450. The minimum atomic E-state index is -0.549. The van der Waals surface area contributed by atoms with Crippen LogP contribution < -0.4 is 0 Å². The molecule has 0 aliphatic carbocycles. The second-order valence-electron chi connectivity index (χ2n) is 2.61. The van der Waals surface area contributed by atoms with Crippen molar-refractivity contribution in [2.45, 2.75) is 6.67 Å². The van der Waals surface area contributed by atoms with Crippen LogP contribution in [0.15, 0.2) is 22.6 Å². The number of aldehydes is 1. The predicted octanol–water partition coefficient (Wildman–Crippen LogP) is 2.11. The van der Waals surface area contributed by atoms with Gasteiger partial charge in [0.2, 0.25) is 6.29 Å². The van der Waals surface area contributed by atoms with E-state index >= 15 is 0 Å². The van der Waals surface area contributed by atoms with Crippen molar-refractivity contribution in [1.29, 1.82) is 0 Å². The number of nitrogens with zero attached hydrogens (tertiary/aromatic N) is 1. The summed E-state index contributed by atoms with van der Waals surface area (Å²) in [7, 11) is 0. The summed E-state index contributed by atoms with van der Waals surface area (Å²) >= 11 is 0. The average molecular weight is 179 g/mol. The maximum Gasteiger partial charge on any atom is 0.260 e. The monoisotopic (exact) mass is 179 g/mol. The lowest BCUT2D eigenvalue weighted by molar-refractivity contribution is 0.109. The molecule has 0 aliphatic heterocycles. The number of hydrogen-bond acceptors (Lipinski definition) is 3. The Morgan fingerprint density at radius 2 is 2.38 bits per heavy atom. The van der Waals surface area contributed by atoms with E-state index in [1.807, 2.05) is 0 Å². The number of benzene rings is 1. The third kappa shape index (κ3) is 1.30. The fourth-order valence-corrected chi connectivity index (χ4v) is 1.12. The fraction of sp³-hybridized carbons (Fsp3) is 0.111. The van der Waals surface area contributed by atoms with Crippen LogP contribution in [0.5, 0.6) is 0 Å². The molecule has 4 heteroatoms. The summed E-state index contributed by atoms with van der Waals surface area (Å²) in [5, 5.41) is 0. The zero-order chi connectivity index (χ0) is 9.26. The van der Waals surface area contributed by atoms with E-state index in [4.69, 9.17) is 4.42 Å². The van der Waals surface area contributed by atoms with E-state index in [2.05, 4.69) is 4.98 Å². The van der Waals surface area contributed by atoms with E-state index in [0.29, 0.717) is 22.9 Å². The molecule has 1 heterocycles. The highest BCUT2D eigenvalue weighted by atomic mass is 19.1. The van der Waals surface area contributed by atoms with Crippen LogP contribution in [0.1, 0.15) is 16.2 Å². The number of halogens is 1. The van der Waals surface area contributed by atoms with Gasteiger partial charge in [-0.3, -0.25) is 4.79 Å². The van der Waals surface area contributed by atoms with Crippen molar-refractivity contribution < 1.29 is 13.6 Å². The van der Waals surface area contributed by atoms with Gasteiger partial charge >= 0.3 is 0 Å². The van der Waals surface area contributed by atoms with Crippen LogP contribution in [-0.4, -0.2) is 11.3 Å². The third-order valence-corrected chi connectivity index (χ3v) is 1.72. The first-order valence-corrected chi connectivity index (χ1v) is 3.74. The van der Waals surface area contributed by atoms with Crippen LogP contribution in [0, 0.1) is 0 Å². The molecule has 0 fully saturated rings. The maximum atomic E-state index is 12.2. The molecule has 13 heavy (non-hydrogen) atoms.